The van der Waals surface area contributed by atoms with Crippen LogP contribution in [0.1, 0.15) is 78.6 Å². The molecule has 0 saturated heterocycles. The third-order valence-electron chi connectivity index (χ3n) is 8.17. The first kappa shape index (κ1) is 15.7. The van der Waals surface area contributed by atoms with Crippen LogP contribution in [0.4, 0.5) is 0 Å². The summed E-state index contributed by atoms with van der Waals surface area (Å²) in [4.78, 5) is 11.3. The van der Waals surface area contributed by atoms with Gasteiger partial charge in [-0.25, -0.2) is 0 Å². The third-order valence-corrected chi connectivity index (χ3v) is 8.17. The van der Waals surface area contributed by atoms with E-state index in [1.807, 2.05) is 0 Å². The summed E-state index contributed by atoms with van der Waals surface area (Å²) >= 11 is 0. The van der Waals surface area contributed by atoms with E-state index in [1.165, 1.54) is 44.9 Å². The molecule has 3 saturated carbocycles. The van der Waals surface area contributed by atoms with Crippen molar-refractivity contribution in [3.05, 3.63) is 11.6 Å². The Morgan fingerprint density at radius 1 is 1.13 bits per heavy atom. The van der Waals surface area contributed by atoms with Gasteiger partial charge in [-0.3, -0.25) is 4.79 Å². The minimum atomic E-state index is -0.118. The van der Waals surface area contributed by atoms with Gasteiger partial charge >= 0.3 is 5.97 Å². The Morgan fingerprint density at radius 2 is 1.96 bits per heavy atom. The van der Waals surface area contributed by atoms with Gasteiger partial charge < -0.3 is 4.74 Å². The maximum Gasteiger partial charge on any atom is 0.302 e. The molecule has 0 aromatic rings. The van der Waals surface area contributed by atoms with E-state index in [-0.39, 0.29) is 12.1 Å². The minimum absolute atomic E-state index is 0.118. The molecule has 0 spiro atoms. The van der Waals surface area contributed by atoms with Crippen LogP contribution in [0.2, 0.25) is 0 Å². The van der Waals surface area contributed by atoms with Crippen LogP contribution in [0.3, 0.4) is 0 Å². The third kappa shape index (κ3) is 2.39. The Morgan fingerprint density at radius 3 is 2.74 bits per heavy atom. The average Bonchev–Trinajstić information content (AvgIpc) is 2.89. The van der Waals surface area contributed by atoms with Crippen LogP contribution in [0.25, 0.3) is 0 Å². The van der Waals surface area contributed by atoms with Gasteiger partial charge in [-0.1, -0.05) is 31.9 Å². The molecule has 4 aliphatic rings. The molecule has 0 amide bonds. The smallest absolute Gasteiger partial charge is 0.302 e. The molecule has 0 heterocycles. The van der Waals surface area contributed by atoms with E-state index in [9.17, 15) is 4.79 Å². The number of allylic oxidation sites excluding steroid dienone is 1. The van der Waals surface area contributed by atoms with Gasteiger partial charge in [-0.15, -0.1) is 0 Å². The summed E-state index contributed by atoms with van der Waals surface area (Å²) in [7, 11) is 0. The van der Waals surface area contributed by atoms with Crippen molar-refractivity contribution in [2.45, 2.75) is 84.7 Å². The summed E-state index contributed by atoms with van der Waals surface area (Å²) in [5.41, 5.74) is 2.62. The van der Waals surface area contributed by atoms with Crippen LogP contribution < -0.4 is 0 Å². The fourth-order valence-corrected chi connectivity index (χ4v) is 6.96. The van der Waals surface area contributed by atoms with Crippen LogP contribution >= 0.6 is 0 Å². The normalized spacial score (nSPS) is 48.7. The number of hydrogen-bond donors (Lipinski definition) is 0. The summed E-state index contributed by atoms with van der Waals surface area (Å²) in [6.07, 6.45) is 14.5. The lowest BCUT2D eigenvalue weighted by Crippen LogP contribution is -2.49. The Labute approximate surface area is 141 Å². The van der Waals surface area contributed by atoms with Crippen LogP contribution in [0.15, 0.2) is 11.6 Å². The van der Waals surface area contributed by atoms with E-state index in [2.05, 4.69) is 19.9 Å². The molecule has 4 aliphatic carbocycles. The standard InChI is InChI=1S/C21H32O2/c1-14(22)23-16-8-12-21(3)15(13-16)6-7-17-18-5-4-10-20(18,2)11-9-19(17)21/h6,16-19H,4-5,7-13H2,1-3H3/t16-,17+,18+,19+,20+,21-/m0/s1. The highest BCUT2D eigenvalue weighted by Gasteiger charge is 2.55. The second-order valence-electron chi connectivity index (χ2n) is 9.32. The van der Waals surface area contributed by atoms with Crippen molar-refractivity contribution in [2.24, 2.45) is 28.6 Å². The zero-order chi connectivity index (χ0) is 16.2. The molecule has 0 aliphatic heterocycles. The Bertz CT molecular complexity index is 536. The fourth-order valence-electron chi connectivity index (χ4n) is 6.96. The Hall–Kier alpha value is -0.790. The molecular formula is C21H32O2. The maximum atomic E-state index is 11.3. The first-order valence-electron chi connectivity index (χ1n) is 9.79. The highest BCUT2D eigenvalue weighted by Crippen LogP contribution is 2.64. The van der Waals surface area contributed by atoms with Crippen molar-refractivity contribution in [3.8, 4) is 0 Å². The molecule has 4 rings (SSSR count). The van der Waals surface area contributed by atoms with E-state index in [0.29, 0.717) is 10.8 Å². The monoisotopic (exact) mass is 316 g/mol. The van der Waals surface area contributed by atoms with Crippen molar-refractivity contribution in [1.82, 2.24) is 0 Å². The summed E-state index contributed by atoms with van der Waals surface area (Å²) in [6.45, 7) is 6.64. The molecule has 0 bridgehead atoms. The summed E-state index contributed by atoms with van der Waals surface area (Å²) in [6, 6.07) is 0. The molecule has 23 heavy (non-hydrogen) atoms. The minimum Gasteiger partial charge on any atom is -0.462 e. The first-order chi connectivity index (χ1) is 10.9. The SMILES string of the molecule is CC(=O)O[C@H]1CC[C@@]2(C)C(=CC[C@@H]3[C@H]4CCC[C@]4(C)CC[C@H]32)C1. The van der Waals surface area contributed by atoms with Crippen molar-refractivity contribution in [3.63, 3.8) is 0 Å². The van der Waals surface area contributed by atoms with Gasteiger partial charge in [0.1, 0.15) is 6.10 Å². The van der Waals surface area contributed by atoms with Crippen LogP contribution in [-0.4, -0.2) is 12.1 Å². The molecule has 3 fully saturated rings. The summed E-state index contributed by atoms with van der Waals surface area (Å²) in [5, 5.41) is 0. The Balaban J connectivity index is 1.58. The van der Waals surface area contributed by atoms with Crippen LogP contribution in [0.5, 0.6) is 0 Å². The number of fused-ring (bicyclic) bond motifs is 5. The largest absolute Gasteiger partial charge is 0.462 e. The van der Waals surface area contributed by atoms with Crippen molar-refractivity contribution < 1.29 is 9.53 Å². The maximum absolute atomic E-state index is 11.3. The fraction of sp³-hybridized carbons (Fsp3) is 0.857. The van der Waals surface area contributed by atoms with E-state index >= 15 is 0 Å². The van der Waals surface area contributed by atoms with Gasteiger partial charge in [0.25, 0.3) is 0 Å². The second-order valence-corrected chi connectivity index (χ2v) is 9.32. The predicted octanol–water partition coefficient (Wildman–Crippen LogP) is 5.27. The molecule has 0 aromatic heterocycles. The quantitative estimate of drug-likeness (QED) is 0.486. The molecule has 0 radical (unpaired) electrons. The summed E-state index contributed by atoms with van der Waals surface area (Å²) < 4.78 is 5.53. The van der Waals surface area contributed by atoms with Gasteiger partial charge in [0.15, 0.2) is 0 Å². The van der Waals surface area contributed by atoms with Crippen molar-refractivity contribution in [2.75, 3.05) is 0 Å². The molecule has 6 atom stereocenters. The number of carbonyl (C=O) groups excluding carboxylic acids is 1. The topological polar surface area (TPSA) is 26.3 Å². The zero-order valence-electron chi connectivity index (χ0n) is 15.1. The highest BCUT2D eigenvalue weighted by atomic mass is 16.5. The number of carbonyl (C=O) groups is 1. The van der Waals surface area contributed by atoms with Gasteiger partial charge in [-0.2, -0.15) is 0 Å². The Kier molecular flexibility index (Phi) is 3.66. The molecular weight excluding hydrogens is 284 g/mol. The van der Waals surface area contributed by atoms with Crippen LogP contribution in [-0.2, 0) is 9.53 Å². The highest BCUT2D eigenvalue weighted by molar-refractivity contribution is 5.66. The number of hydrogen-bond acceptors (Lipinski definition) is 2. The summed E-state index contributed by atoms with van der Waals surface area (Å²) in [5.74, 6) is 2.63. The van der Waals surface area contributed by atoms with E-state index in [0.717, 1.165) is 30.6 Å². The molecule has 128 valence electrons. The number of rotatable bonds is 1. The number of esters is 1. The predicted molar refractivity (Wildman–Crippen MR) is 91.9 cm³/mol. The molecule has 0 N–H and O–H groups in total. The molecule has 2 heteroatoms. The first-order valence-corrected chi connectivity index (χ1v) is 9.79. The van der Waals surface area contributed by atoms with Crippen molar-refractivity contribution >= 4 is 5.97 Å². The van der Waals surface area contributed by atoms with Gasteiger partial charge in [0.05, 0.1) is 0 Å². The molecule has 2 nitrogen and oxygen atoms in total. The lowest BCUT2D eigenvalue weighted by molar-refractivity contribution is -0.148. The van der Waals surface area contributed by atoms with Gasteiger partial charge in [-0.05, 0) is 73.5 Å². The second kappa shape index (κ2) is 5.36. The molecule has 0 unspecified atom stereocenters. The number of ether oxygens (including phenoxy) is 1. The lowest BCUT2D eigenvalue weighted by Gasteiger charge is -2.57. The zero-order valence-corrected chi connectivity index (χ0v) is 15.1. The van der Waals surface area contributed by atoms with E-state index in [1.54, 1.807) is 12.5 Å². The van der Waals surface area contributed by atoms with Gasteiger partial charge in [0, 0.05) is 13.3 Å². The lowest BCUT2D eigenvalue weighted by atomic mass is 9.48. The van der Waals surface area contributed by atoms with E-state index < -0.39 is 0 Å². The average molecular weight is 316 g/mol. The van der Waals surface area contributed by atoms with Gasteiger partial charge in [0.2, 0.25) is 0 Å². The molecule has 0 aromatic carbocycles. The van der Waals surface area contributed by atoms with Crippen molar-refractivity contribution in [1.29, 1.82) is 0 Å². The van der Waals surface area contributed by atoms with Crippen LogP contribution in [0, 0.1) is 28.6 Å². The van der Waals surface area contributed by atoms with E-state index in [4.69, 9.17) is 4.74 Å².